The Morgan fingerprint density at radius 3 is 2.84 bits per heavy atom. The lowest BCUT2D eigenvalue weighted by molar-refractivity contribution is -0.121. The van der Waals surface area contributed by atoms with Gasteiger partial charge in [0.15, 0.2) is 0 Å². The summed E-state index contributed by atoms with van der Waals surface area (Å²) in [7, 11) is 0. The summed E-state index contributed by atoms with van der Waals surface area (Å²) in [4.78, 5) is 13.9. The first-order valence-corrected chi connectivity index (χ1v) is 6.80. The Morgan fingerprint density at radius 2 is 2.16 bits per heavy atom. The van der Waals surface area contributed by atoms with Crippen LogP contribution in [-0.4, -0.2) is 28.8 Å². The summed E-state index contributed by atoms with van der Waals surface area (Å²) in [6.45, 7) is 4.38. The molecule has 0 aromatic heterocycles. The van der Waals surface area contributed by atoms with Crippen LogP contribution in [0.3, 0.4) is 0 Å². The molecule has 0 saturated heterocycles. The van der Waals surface area contributed by atoms with Gasteiger partial charge in [-0.1, -0.05) is 26.0 Å². The van der Waals surface area contributed by atoms with E-state index in [0.717, 1.165) is 18.4 Å². The number of aryl methyl sites for hydroxylation is 1. The third kappa shape index (κ3) is 2.89. The number of hydrogen-bond acceptors (Lipinski definition) is 3. The van der Waals surface area contributed by atoms with Crippen LogP contribution in [-0.2, 0) is 11.2 Å². The van der Waals surface area contributed by atoms with Crippen molar-refractivity contribution in [1.29, 1.82) is 0 Å². The standard InChI is InChI=1S/C15H21NO3/c1-10(2)13(18)9-14(19)16-8-4-6-11-5-3-7-12(17)15(11)16/h3,5,7,10,13,17-18H,4,6,8-9H2,1-2H3. The van der Waals surface area contributed by atoms with Gasteiger partial charge in [0.05, 0.1) is 18.2 Å². The van der Waals surface area contributed by atoms with E-state index in [2.05, 4.69) is 0 Å². The summed E-state index contributed by atoms with van der Waals surface area (Å²) in [5.74, 6) is 0.0748. The van der Waals surface area contributed by atoms with Gasteiger partial charge in [-0.2, -0.15) is 0 Å². The third-order valence-corrected chi connectivity index (χ3v) is 3.65. The zero-order chi connectivity index (χ0) is 14.0. The monoisotopic (exact) mass is 263 g/mol. The minimum atomic E-state index is -0.635. The molecule has 1 unspecified atom stereocenters. The van der Waals surface area contributed by atoms with E-state index in [1.807, 2.05) is 19.9 Å². The molecule has 2 rings (SSSR count). The van der Waals surface area contributed by atoms with Crippen molar-refractivity contribution < 1.29 is 15.0 Å². The number of carbonyl (C=O) groups excluding carboxylic acids is 1. The molecule has 19 heavy (non-hydrogen) atoms. The van der Waals surface area contributed by atoms with Gasteiger partial charge in [0, 0.05) is 6.54 Å². The van der Waals surface area contributed by atoms with Gasteiger partial charge in [0.2, 0.25) is 5.91 Å². The highest BCUT2D eigenvalue weighted by Gasteiger charge is 2.27. The van der Waals surface area contributed by atoms with Crippen molar-refractivity contribution in [3.8, 4) is 5.75 Å². The molecule has 0 spiro atoms. The number of benzene rings is 1. The van der Waals surface area contributed by atoms with Crippen molar-refractivity contribution in [3.63, 3.8) is 0 Å². The fourth-order valence-electron chi connectivity index (χ4n) is 2.40. The van der Waals surface area contributed by atoms with Crippen LogP contribution in [0.1, 0.15) is 32.3 Å². The number of amides is 1. The highest BCUT2D eigenvalue weighted by Crippen LogP contribution is 2.35. The van der Waals surface area contributed by atoms with E-state index in [1.54, 1.807) is 17.0 Å². The van der Waals surface area contributed by atoms with Gasteiger partial charge in [-0.25, -0.2) is 0 Å². The second-order valence-electron chi connectivity index (χ2n) is 5.45. The molecular formula is C15H21NO3. The van der Waals surface area contributed by atoms with E-state index in [1.165, 1.54) is 0 Å². The fourth-order valence-corrected chi connectivity index (χ4v) is 2.40. The molecule has 1 amide bonds. The summed E-state index contributed by atoms with van der Waals surface area (Å²) in [6.07, 6.45) is 1.23. The molecule has 0 fully saturated rings. The van der Waals surface area contributed by atoms with Crippen LogP contribution >= 0.6 is 0 Å². The quantitative estimate of drug-likeness (QED) is 0.877. The zero-order valence-electron chi connectivity index (χ0n) is 11.5. The van der Waals surface area contributed by atoms with E-state index in [-0.39, 0.29) is 24.0 Å². The van der Waals surface area contributed by atoms with E-state index in [9.17, 15) is 15.0 Å². The molecule has 4 heteroatoms. The number of phenols is 1. The zero-order valence-corrected chi connectivity index (χ0v) is 11.5. The summed E-state index contributed by atoms with van der Waals surface area (Å²) in [5, 5.41) is 19.8. The molecule has 0 aliphatic carbocycles. The first-order valence-electron chi connectivity index (χ1n) is 6.80. The number of fused-ring (bicyclic) bond motifs is 1. The number of hydrogen-bond donors (Lipinski definition) is 2. The van der Waals surface area contributed by atoms with Gasteiger partial charge in [-0.05, 0) is 30.4 Å². The Hall–Kier alpha value is -1.55. The molecule has 1 aromatic carbocycles. The summed E-state index contributed by atoms with van der Waals surface area (Å²) >= 11 is 0. The second-order valence-corrected chi connectivity index (χ2v) is 5.45. The molecule has 104 valence electrons. The summed E-state index contributed by atoms with van der Waals surface area (Å²) in [5.41, 5.74) is 1.62. The molecule has 1 aliphatic rings. The number of rotatable bonds is 3. The number of anilines is 1. The Balaban J connectivity index is 2.21. The largest absolute Gasteiger partial charge is 0.506 e. The molecule has 1 heterocycles. The molecule has 1 aromatic rings. The molecule has 0 saturated carbocycles. The van der Waals surface area contributed by atoms with Crippen molar-refractivity contribution >= 4 is 11.6 Å². The van der Waals surface area contributed by atoms with Crippen molar-refractivity contribution in [3.05, 3.63) is 23.8 Å². The number of phenolic OH excluding ortho intramolecular Hbond substituents is 1. The van der Waals surface area contributed by atoms with Gasteiger partial charge < -0.3 is 15.1 Å². The van der Waals surface area contributed by atoms with Crippen LogP contribution in [0.25, 0.3) is 0 Å². The smallest absolute Gasteiger partial charge is 0.229 e. The molecule has 0 bridgehead atoms. The maximum Gasteiger partial charge on any atom is 0.229 e. The van der Waals surface area contributed by atoms with Crippen LogP contribution in [0.4, 0.5) is 5.69 Å². The Labute approximate surface area is 113 Å². The molecule has 4 nitrogen and oxygen atoms in total. The van der Waals surface area contributed by atoms with Gasteiger partial charge in [0.25, 0.3) is 0 Å². The van der Waals surface area contributed by atoms with Crippen molar-refractivity contribution in [2.75, 3.05) is 11.4 Å². The highest BCUT2D eigenvalue weighted by molar-refractivity contribution is 5.96. The first kappa shape index (κ1) is 13.9. The minimum Gasteiger partial charge on any atom is -0.506 e. The molecule has 2 N–H and O–H groups in total. The van der Waals surface area contributed by atoms with E-state index in [4.69, 9.17) is 0 Å². The molecule has 1 aliphatic heterocycles. The molecule has 0 radical (unpaired) electrons. The summed E-state index contributed by atoms with van der Waals surface area (Å²) < 4.78 is 0. The summed E-state index contributed by atoms with van der Waals surface area (Å²) in [6, 6.07) is 5.34. The average Bonchev–Trinajstić information content (AvgIpc) is 2.38. The Bertz CT molecular complexity index is 470. The van der Waals surface area contributed by atoms with Crippen LogP contribution in [0.15, 0.2) is 18.2 Å². The number of aromatic hydroxyl groups is 1. The van der Waals surface area contributed by atoms with Gasteiger partial charge >= 0.3 is 0 Å². The van der Waals surface area contributed by atoms with Crippen LogP contribution < -0.4 is 4.90 Å². The number of aliphatic hydroxyl groups is 1. The number of aliphatic hydroxyl groups excluding tert-OH is 1. The van der Waals surface area contributed by atoms with Gasteiger partial charge in [-0.3, -0.25) is 4.79 Å². The number of carbonyl (C=O) groups is 1. The maximum absolute atomic E-state index is 12.3. The molecular weight excluding hydrogens is 242 g/mol. The Kier molecular flexibility index (Phi) is 4.10. The topological polar surface area (TPSA) is 60.8 Å². The second kappa shape index (κ2) is 5.61. The highest BCUT2D eigenvalue weighted by atomic mass is 16.3. The first-order chi connectivity index (χ1) is 9.00. The predicted molar refractivity (Wildman–Crippen MR) is 74.2 cm³/mol. The minimum absolute atomic E-state index is 0.0533. The van der Waals surface area contributed by atoms with Crippen molar-refractivity contribution in [2.45, 2.75) is 39.2 Å². The van der Waals surface area contributed by atoms with E-state index in [0.29, 0.717) is 12.2 Å². The SMILES string of the molecule is CC(C)C(O)CC(=O)N1CCCc2cccc(O)c21. The van der Waals surface area contributed by atoms with Crippen LogP contribution in [0.2, 0.25) is 0 Å². The number of para-hydroxylation sites is 1. The lowest BCUT2D eigenvalue weighted by Crippen LogP contribution is -2.38. The lowest BCUT2D eigenvalue weighted by atomic mass is 9.99. The lowest BCUT2D eigenvalue weighted by Gasteiger charge is -2.31. The number of nitrogens with zero attached hydrogens (tertiary/aromatic N) is 1. The van der Waals surface area contributed by atoms with Gasteiger partial charge in [0.1, 0.15) is 5.75 Å². The normalized spacial score (nSPS) is 16.3. The average molecular weight is 263 g/mol. The van der Waals surface area contributed by atoms with Gasteiger partial charge in [-0.15, -0.1) is 0 Å². The molecule has 1 atom stereocenters. The van der Waals surface area contributed by atoms with Crippen molar-refractivity contribution in [1.82, 2.24) is 0 Å². The third-order valence-electron chi connectivity index (χ3n) is 3.65. The predicted octanol–water partition coefficient (Wildman–Crippen LogP) is 2.08. The van der Waals surface area contributed by atoms with Crippen LogP contribution in [0.5, 0.6) is 5.75 Å². The van der Waals surface area contributed by atoms with E-state index < -0.39 is 6.10 Å². The van der Waals surface area contributed by atoms with E-state index >= 15 is 0 Å². The fraction of sp³-hybridized carbons (Fsp3) is 0.533. The van der Waals surface area contributed by atoms with Crippen molar-refractivity contribution in [2.24, 2.45) is 5.92 Å². The maximum atomic E-state index is 12.3. The van der Waals surface area contributed by atoms with Crippen LogP contribution in [0, 0.1) is 5.92 Å². The Morgan fingerprint density at radius 1 is 1.42 bits per heavy atom.